The first kappa shape index (κ1) is 30.6. The fraction of sp³-hybridized carbons (Fsp3) is 0.500. The predicted molar refractivity (Wildman–Crippen MR) is 153 cm³/mol. The number of aromatic nitrogens is 2. The van der Waals surface area contributed by atoms with Crippen molar-refractivity contribution in [3.8, 4) is 17.0 Å². The lowest BCUT2D eigenvalue weighted by Gasteiger charge is -2.20. The van der Waals surface area contributed by atoms with Crippen molar-refractivity contribution < 1.29 is 28.5 Å². The lowest BCUT2D eigenvalue weighted by atomic mass is 10.0. The second-order valence-electron chi connectivity index (χ2n) is 9.86. The summed E-state index contributed by atoms with van der Waals surface area (Å²) < 4.78 is 27.6. The highest BCUT2D eigenvalue weighted by Crippen LogP contribution is 2.38. The average Bonchev–Trinajstić information content (AvgIpc) is 3.30. The van der Waals surface area contributed by atoms with Gasteiger partial charge in [-0.05, 0) is 45.0 Å². The number of likely N-dealkylation sites (N-methyl/N-ethyl adjacent to an activating group) is 1. The maximum Gasteiger partial charge on any atom is 0.340 e. The molecule has 214 valence electrons. The number of rotatable bonds is 15. The van der Waals surface area contributed by atoms with Crippen molar-refractivity contribution in [3.63, 3.8) is 0 Å². The van der Waals surface area contributed by atoms with Crippen molar-refractivity contribution in [1.29, 1.82) is 0 Å². The van der Waals surface area contributed by atoms with Crippen LogP contribution < -0.4 is 15.4 Å². The number of nitrogens with zero attached hydrogens (tertiary/aromatic N) is 2. The first-order valence-corrected chi connectivity index (χ1v) is 13.3. The molecule has 0 aliphatic carbocycles. The van der Waals surface area contributed by atoms with Gasteiger partial charge in [-0.2, -0.15) is 4.98 Å². The third-order valence-corrected chi connectivity index (χ3v) is 6.00. The van der Waals surface area contributed by atoms with Crippen LogP contribution in [-0.2, 0) is 18.9 Å². The predicted octanol–water partition coefficient (Wildman–Crippen LogP) is 4.29. The smallest absolute Gasteiger partial charge is 0.340 e. The van der Waals surface area contributed by atoms with E-state index in [4.69, 9.17) is 41.0 Å². The van der Waals surface area contributed by atoms with Crippen molar-refractivity contribution in [3.05, 3.63) is 41.0 Å². The summed E-state index contributed by atoms with van der Waals surface area (Å²) >= 11 is 6.65. The number of nitrogens with one attached hydrogen (secondary N) is 1. The van der Waals surface area contributed by atoms with Crippen LogP contribution in [0.15, 0.2) is 30.5 Å². The van der Waals surface area contributed by atoms with Crippen LogP contribution in [0.2, 0.25) is 5.02 Å². The standard InChI is InChI=1S/C28H39ClN4O6/c1-28(2,3)39-27(34)22-18-31-24-17-23(29)20(16-21(22)24)19-6-7-25(32-26(19)35-5)33(4)9-11-37-13-15-38-14-12-36-10-8-30/h6-7,16-18,31H,8-15,30H2,1-5H3. The maximum absolute atomic E-state index is 12.8. The minimum Gasteiger partial charge on any atom is -0.480 e. The normalized spacial score (nSPS) is 11.7. The SMILES string of the molecule is COc1nc(N(C)CCOCCOCCOCCN)ccc1-c1cc2c(C(=O)OC(C)(C)C)c[nH]c2cc1Cl. The van der Waals surface area contributed by atoms with Gasteiger partial charge in [0.2, 0.25) is 5.88 Å². The van der Waals surface area contributed by atoms with Gasteiger partial charge in [-0.15, -0.1) is 0 Å². The Labute approximate surface area is 234 Å². The number of hydrogen-bond donors (Lipinski definition) is 2. The quantitative estimate of drug-likeness (QED) is 0.206. The number of methoxy groups -OCH3 is 1. The minimum atomic E-state index is -0.608. The minimum absolute atomic E-state index is 0.408. The molecular weight excluding hydrogens is 524 g/mol. The molecule has 0 saturated heterocycles. The molecule has 3 rings (SSSR count). The molecule has 3 aromatic rings. The van der Waals surface area contributed by atoms with Gasteiger partial charge in [0.25, 0.3) is 0 Å². The van der Waals surface area contributed by atoms with Crippen molar-refractivity contribution in [1.82, 2.24) is 9.97 Å². The maximum atomic E-state index is 12.8. The number of carbonyl (C=O) groups is 1. The number of pyridine rings is 1. The lowest BCUT2D eigenvalue weighted by Crippen LogP contribution is -2.24. The Balaban J connectivity index is 1.66. The van der Waals surface area contributed by atoms with E-state index >= 15 is 0 Å². The van der Waals surface area contributed by atoms with Gasteiger partial charge < -0.3 is 39.3 Å². The van der Waals surface area contributed by atoms with E-state index in [1.165, 1.54) is 0 Å². The van der Waals surface area contributed by atoms with Crippen molar-refractivity contribution in [2.24, 2.45) is 5.73 Å². The van der Waals surface area contributed by atoms with Crippen LogP contribution in [0.1, 0.15) is 31.1 Å². The van der Waals surface area contributed by atoms with E-state index in [9.17, 15) is 4.79 Å². The molecule has 0 unspecified atom stereocenters. The summed E-state index contributed by atoms with van der Waals surface area (Å²) in [6.45, 7) is 9.72. The second kappa shape index (κ2) is 14.5. The van der Waals surface area contributed by atoms with Gasteiger partial charge in [-0.3, -0.25) is 0 Å². The summed E-state index contributed by atoms with van der Waals surface area (Å²) in [7, 11) is 3.50. The number of benzene rings is 1. The number of H-pyrrole nitrogens is 1. The summed E-state index contributed by atoms with van der Waals surface area (Å²) in [4.78, 5) is 22.5. The molecule has 0 amide bonds. The zero-order valence-corrected chi connectivity index (χ0v) is 24.1. The third kappa shape index (κ3) is 8.81. The fourth-order valence-corrected chi connectivity index (χ4v) is 4.06. The molecule has 0 atom stereocenters. The van der Waals surface area contributed by atoms with Crippen LogP contribution in [-0.4, -0.2) is 88.4 Å². The fourth-order valence-electron chi connectivity index (χ4n) is 3.80. The number of anilines is 1. The van der Waals surface area contributed by atoms with E-state index in [-0.39, 0.29) is 0 Å². The zero-order valence-electron chi connectivity index (χ0n) is 23.3. The number of halogens is 1. The van der Waals surface area contributed by atoms with Crippen LogP contribution >= 0.6 is 11.6 Å². The highest BCUT2D eigenvalue weighted by molar-refractivity contribution is 6.34. The Hall–Kier alpha value is -2.89. The molecule has 11 heteroatoms. The van der Waals surface area contributed by atoms with Gasteiger partial charge in [0.1, 0.15) is 11.4 Å². The summed E-state index contributed by atoms with van der Waals surface area (Å²) in [6, 6.07) is 7.45. The Morgan fingerprint density at radius 2 is 1.69 bits per heavy atom. The average molecular weight is 563 g/mol. The molecule has 2 heterocycles. The molecule has 39 heavy (non-hydrogen) atoms. The molecule has 0 fully saturated rings. The number of hydrogen-bond acceptors (Lipinski definition) is 9. The molecule has 0 aliphatic rings. The molecule has 2 aromatic heterocycles. The van der Waals surface area contributed by atoms with Crippen molar-refractivity contribution in [2.75, 3.05) is 71.8 Å². The zero-order chi connectivity index (χ0) is 28.4. The molecule has 0 saturated carbocycles. The summed E-state index contributed by atoms with van der Waals surface area (Å²) in [5.41, 5.74) is 7.34. The number of carbonyl (C=O) groups excluding carboxylic acids is 1. The molecule has 0 radical (unpaired) electrons. The molecule has 0 aliphatic heterocycles. The summed E-state index contributed by atoms with van der Waals surface area (Å²) in [5, 5.41) is 1.21. The van der Waals surface area contributed by atoms with Crippen LogP contribution in [0, 0.1) is 0 Å². The first-order chi connectivity index (χ1) is 18.6. The van der Waals surface area contributed by atoms with Gasteiger partial charge in [0.05, 0.1) is 57.3 Å². The number of aromatic amines is 1. The Bertz CT molecular complexity index is 1230. The van der Waals surface area contributed by atoms with E-state index in [1.807, 2.05) is 50.9 Å². The monoisotopic (exact) mass is 562 g/mol. The third-order valence-electron chi connectivity index (χ3n) is 5.69. The van der Waals surface area contributed by atoms with E-state index in [0.717, 1.165) is 11.3 Å². The van der Waals surface area contributed by atoms with Gasteiger partial charge in [-0.25, -0.2) is 4.79 Å². The van der Waals surface area contributed by atoms with E-state index in [1.54, 1.807) is 19.4 Å². The van der Waals surface area contributed by atoms with Crippen LogP contribution in [0.4, 0.5) is 5.82 Å². The van der Waals surface area contributed by atoms with E-state index < -0.39 is 11.6 Å². The van der Waals surface area contributed by atoms with Gasteiger partial charge in [0, 0.05) is 48.4 Å². The molecule has 0 bridgehead atoms. The number of nitrogens with two attached hydrogens (primary N) is 1. The highest BCUT2D eigenvalue weighted by atomic mass is 35.5. The number of ether oxygens (including phenoxy) is 5. The molecule has 10 nitrogen and oxygen atoms in total. The topological polar surface area (TPSA) is 121 Å². The van der Waals surface area contributed by atoms with Gasteiger partial charge in [-0.1, -0.05) is 11.6 Å². The molecule has 0 spiro atoms. The second-order valence-corrected chi connectivity index (χ2v) is 10.3. The lowest BCUT2D eigenvalue weighted by molar-refractivity contribution is 0.00718. The molecule has 3 N–H and O–H groups in total. The van der Waals surface area contributed by atoms with Crippen LogP contribution in [0.25, 0.3) is 22.0 Å². The molecule has 1 aromatic carbocycles. The van der Waals surface area contributed by atoms with E-state index in [2.05, 4.69) is 9.97 Å². The Morgan fingerprint density at radius 1 is 1.03 bits per heavy atom. The van der Waals surface area contributed by atoms with Crippen LogP contribution in [0.3, 0.4) is 0 Å². The number of fused-ring (bicyclic) bond motifs is 1. The van der Waals surface area contributed by atoms with Crippen molar-refractivity contribution in [2.45, 2.75) is 26.4 Å². The Kier molecular flexibility index (Phi) is 11.4. The first-order valence-electron chi connectivity index (χ1n) is 12.9. The van der Waals surface area contributed by atoms with Gasteiger partial charge in [0.15, 0.2) is 0 Å². The highest BCUT2D eigenvalue weighted by Gasteiger charge is 2.22. The Morgan fingerprint density at radius 3 is 2.33 bits per heavy atom. The number of esters is 1. The van der Waals surface area contributed by atoms with Crippen molar-refractivity contribution >= 4 is 34.3 Å². The summed E-state index contributed by atoms with van der Waals surface area (Å²) in [5.74, 6) is 0.733. The largest absolute Gasteiger partial charge is 0.480 e. The van der Waals surface area contributed by atoms with E-state index in [0.29, 0.717) is 85.7 Å². The molecular formula is C28H39ClN4O6. The van der Waals surface area contributed by atoms with Gasteiger partial charge >= 0.3 is 5.97 Å². The van der Waals surface area contributed by atoms with Crippen LogP contribution in [0.5, 0.6) is 5.88 Å². The summed E-state index contributed by atoms with van der Waals surface area (Å²) in [6.07, 6.45) is 1.64.